The van der Waals surface area contributed by atoms with Gasteiger partial charge < -0.3 is 10.1 Å². The maximum Gasteiger partial charge on any atom is 0.159 e. The molecule has 1 saturated carbocycles. The van der Waals surface area contributed by atoms with Gasteiger partial charge in [-0.1, -0.05) is 12.1 Å². The van der Waals surface area contributed by atoms with Gasteiger partial charge in [-0.05, 0) is 31.9 Å². The standard InChI is InChI=1S/C16H19N3O/c1-2-20-15-5-3-4-13(8-15)16-18-10-12(11-19-16)9-17-14-6-7-14/h3-5,8,10-11,14,17H,2,6-7,9H2,1H3. The molecule has 2 aromatic rings. The van der Waals surface area contributed by atoms with E-state index in [1.54, 1.807) is 0 Å². The number of rotatable bonds is 6. The summed E-state index contributed by atoms with van der Waals surface area (Å²) >= 11 is 0. The highest BCUT2D eigenvalue weighted by atomic mass is 16.5. The Bertz CT molecular complexity index is 564. The van der Waals surface area contributed by atoms with Crippen LogP contribution < -0.4 is 10.1 Å². The average Bonchev–Trinajstić information content (AvgIpc) is 3.31. The lowest BCUT2D eigenvalue weighted by atomic mass is 10.2. The number of ether oxygens (including phenoxy) is 1. The third-order valence-electron chi connectivity index (χ3n) is 3.28. The van der Waals surface area contributed by atoms with E-state index < -0.39 is 0 Å². The summed E-state index contributed by atoms with van der Waals surface area (Å²) in [6, 6.07) is 8.59. The summed E-state index contributed by atoms with van der Waals surface area (Å²) in [6.07, 6.45) is 6.38. The largest absolute Gasteiger partial charge is 0.494 e. The molecule has 4 heteroatoms. The van der Waals surface area contributed by atoms with Gasteiger partial charge >= 0.3 is 0 Å². The lowest BCUT2D eigenvalue weighted by Crippen LogP contribution is -2.15. The smallest absolute Gasteiger partial charge is 0.159 e. The second-order valence-corrected chi connectivity index (χ2v) is 5.03. The molecule has 0 aliphatic heterocycles. The quantitative estimate of drug-likeness (QED) is 0.876. The van der Waals surface area contributed by atoms with Crippen LogP contribution in [0.2, 0.25) is 0 Å². The molecule has 20 heavy (non-hydrogen) atoms. The van der Waals surface area contributed by atoms with Crippen LogP contribution in [0.3, 0.4) is 0 Å². The van der Waals surface area contributed by atoms with Gasteiger partial charge in [-0.2, -0.15) is 0 Å². The minimum absolute atomic E-state index is 0.663. The Morgan fingerprint density at radius 2 is 2.05 bits per heavy atom. The van der Waals surface area contributed by atoms with Crippen molar-refractivity contribution in [2.24, 2.45) is 0 Å². The second-order valence-electron chi connectivity index (χ2n) is 5.03. The van der Waals surface area contributed by atoms with Crippen molar-refractivity contribution in [2.75, 3.05) is 6.61 Å². The average molecular weight is 269 g/mol. The first-order valence-corrected chi connectivity index (χ1v) is 7.12. The van der Waals surface area contributed by atoms with Crippen LogP contribution >= 0.6 is 0 Å². The van der Waals surface area contributed by atoms with Gasteiger partial charge in [0, 0.05) is 36.1 Å². The van der Waals surface area contributed by atoms with Crippen molar-refractivity contribution in [3.8, 4) is 17.1 Å². The van der Waals surface area contributed by atoms with Crippen molar-refractivity contribution in [2.45, 2.75) is 32.4 Å². The molecule has 0 radical (unpaired) electrons. The normalized spacial score (nSPS) is 14.2. The summed E-state index contributed by atoms with van der Waals surface area (Å²) in [6.45, 7) is 3.49. The number of benzene rings is 1. The minimum Gasteiger partial charge on any atom is -0.494 e. The first-order valence-electron chi connectivity index (χ1n) is 7.12. The van der Waals surface area contributed by atoms with Crippen molar-refractivity contribution in [1.29, 1.82) is 0 Å². The van der Waals surface area contributed by atoms with Gasteiger partial charge in [0.05, 0.1) is 6.61 Å². The summed E-state index contributed by atoms with van der Waals surface area (Å²) in [5, 5.41) is 3.46. The van der Waals surface area contributed by atoms with Crippen molar-refractivity contribution < 1.29 is 4.74 Å². The lowest BCUT2D eigenvalue weighted by molar-refractivity contribution is 0.340. The van der Waals surface area contributed by atoms with E-state index in [9.17, 15) is 0 Å². The molecule has 0 amide bonds. The van der Waals surface area contributed by atoms with Gasteiger partial charge in [0.25, 0.3) is 0 Å². The molecular weight excluding hydrogens is 250 g/mol. The maximum absolute atomic E-state index is 5.50. The van der Waals surface area contributed by atoms with E-state index in [-0.39, 0.29) is 0 Å². The zero-order valence-electron chi connectivity index (χ0n) is 11.7. The highest BCUT2D eigenvalue weighted by Crippen LogP contribution is 2.21. The SMILES string of the molecule is CCOc1cccc(-c2ncc(CNC3CC3)cn2)c1. The van der Waals surface area contributed by atoms with E-state index >= 15 is 0 Å². The predicted octanol–water partition coefficient (Wildman–Crippen LogP) is 2.79. The number of hydrogen-bond donors (Lipinski definition) is 1. The van der Waals surface area contributed by atoms with Gasteiger partial charge in [0.1, 0.15) is 5.75 Å². The summed E-state index contributed by atoms with van der Waals surface area (Å²) in [4.78, 5) is 8.88. The van der Waals surface area contributed by atoms with Crippen molar-refractivity contribution >= 4 is 0 Å². The highest BCUT2D eigenvalue weighted by molar-refractivity contribution is 5.57. The van der Waals surface area contributed by atoms with Crippen LogP contribution in [-0.2, 0) is 6.54 Å². The van der Waals surface area contributed by atoms with Gasteiger partial charge in [0.15, 0.2) is 5.82 Å². The lowest BCUT2D eigenvalue weighted by Gasteiger charge is -2.06. The number of aromatic nitrogens is 2. The molecule has 0 saturated heterocycles. The topological polar surface area (TPSA) is 47.0 Å². The van der Waals surface area contributed by atoms with Crippen LogP contribution in [0, 0.1) is 0 Å². The Morgan fingerprint density at radius 1 is 1.25 bits per heavy atom. The number of nitrogens with zero attached hydrogens (tertiary/aromatic N) is 2. The van der Waals surface area contributed by atoms with Crippen LogP contribution in [0.15, 0.2) is 36.7 Å². The molecule has 1 fully saturated rings. The van der Waals surface area contributed by atoms with E-state index in [4.69, 9.17) is 4.74 Å². The van der Waals surface area contributed by atoms with E-state index in [1.165, 1.54) is 12.8 Å². The van der Waals surface area contributed by atoms with Crippen LogP contribution in [-0.4, -0.2) is 22.6 Å². The first-order chi connectivity index (χ1) is 9.85. The molecule has 1 aliphatic rings. The molecule has 4 nitrogen and oxygen atoms in total. The van der Waals surface area contributed by atoms with E-state index in [0.29, 0.717) is 12.6 Å². The summed E-state index contributed by atoms with van der Waals surface area (Å²) in [7, 11) is 0. The summed E-state index contributed by atoms with van der Waals surface area (Å²) in [5.74, 6) is 1.59. The molecule has 1 N–H and O–H groups in total. The van der Waals surface area contributed by atoms with Crippen LogP contribution in [0.4, 0.5) is 0 Å². The van der Waals surface area contributed by atoms with Crippen LogP contribution in [0.1, 0.15) is 25.3 Å². The molecule has 0 atom stereocenters. The molecular formula is C16H19N3O. The third-order valence-corrected chi connectivity index (χ3v) is 3.28. The van der Waals surface area contributed by atoms with Crippen molar-refractivity contribution in [3.63, 3.8) is 0 Å². The number of hydrogen-bond acceptors (Lipinski definition) is 4. The van der Waals surface area contributed by atoms with Gasteiger partial charge in [0.2, 0.25) is 0 Å². The Hall–Kier alpha value is -1.94. The van der Waals surface area contributed by atoms with Gasteiger partial charge in [-0.3, -0.25) is 0 Å². The molecule has 3 rings (SSSR count). The van der Waals surface area contributed by atoms with Crippen LogP contribution in [0.5, 0.6) is 5.75 Å². The van der Waals surface area contributed by atoms with Crippen molar-refractivity contribution in [1.82, 2.24) is 15.3 Å². The zero-order chi connectivity index (χ0) is 13.8. The third kappa shape index (κ3) is 3.33. The number of nitrogens with one attached hydrogen (secondary N) is 1. The molecule has 0 spiro atoms. The monoisotopic (exact) mass is 269 g/mol. The zero-order valence-corrected chi connectivity index (χ0v) is 11.7. The summed E-state index contributed by atoms with van der Waals surface area (Å²) in [5.41, 5.74) is 2.11. The fourth-order valence-corrected chi connectivity index (χ4v) is 2.04. The Balaban J connectivity index is 1.70. The molecule has 0 unspecified atom stereocenters. The molecule has 1 aromatic heterocycles. The Labute approximate surface area is 119 Å². The first kappa shape index (κ1) is 13.1. The second kappa shape index (κ2) is 6.01. The van der Waals surface area contributed by atoms with E-state index in [0.717, 1.165) is 29.2 Å². The van der Waals surface area contributed by atoms with Gasteiger partial charge in [-0.15, -0.1) is 0 Å². The molecule has 0 bridgehead atoms. The summed E-state index contributed by atoms with van der Waals surface area (Å²) < 4.78 is 5.50. The van der Waals surface area contributed by atoms with E-state index in [1.807, 2.05) is 43.6 Å². The Kier molecular flexibility index (Phi) is 3.92. The van der Waals surface area contributed by atoms with E-state index in [2.05, 4.69) is 15.3 Å². The molecule has 1 aromatic carbocycles. The maximum atomic E-state index is 5.50. The fourth-order valence-electron chi connectivity index (χ4n) is 2.04. The predicted molar refractivity (Wildman–Crippen MR) is 78.5 cm³/mol. The van der Waals surface area contributed by atoms with Crippen molar-refractivity contribution in [3.05, 3.63) is 42.2 Å². The highest BCUT2D eigenvalue weighted by Gasteiger charge is 2.19. The van der Waals surface area contributed by atoms with Crippen LogP contribution in [0.25, 0.3) is 11.4 Å². The fraction of sp³-hybridized carbons (Fsp3) is 0.375. The molecule has 1 aliphatic carbocycles. The van der Waals surface area contributed by atoms with Gasteiger partial charge in [-0.25, -0.2) is 9.97 Å². The minimum atomic E-state index is 0.663. The molecule has 1 heterocycles. The Morgan fingerprint density at radius 3 is 2.75 bits per heavy atom. The molecule has 104 valence electrons.